The number of hydrogen-bond donors (Lipinski definition) is 0. The lowest BCUT2D eigenvalue weighted by atomic mass is 10.0. The van der Waals surface area contributed by atoms with Crippen molar-refractivity contribution in [3.05, 3.63) is 35.9 Å². The van der Waals surface area contributed by atoms with E-state index in [-0.39, 0.29) is 25.4 Å². The fourth-order valence-corrected chi connectivity index (χ4v) is 3.41. The zero-order chi connectivity index (χ0) is 23.5. The Bertz CT molecular complexity index is 703. The number of carbonyl (C=O) groups is 3. The Balaban J connectivity index is 2.49. The topological polar surface area (TPSA) is 78.9 Å². The third-order valence-corrected chi connectivity index (χ3v) is 6.14. The highest BCUT2D eigenvalue weighted by atomic mass is 28.3. The molecule has 1 aromatic carbocycles. The third-order valence-electron chi connectivity index (χ3n) is 4.44. The molecule has 6 nitrogen and oxygen atoms in total. The lowest BCUT2D eigenvalue weighted by molar-refractivity contribution is -0.169. The van der Waals surface area contributed by atoms with E-state index in [0.29, 0.717) is 19.4 Å². The molecule has 0 N–H and O–H groups in total. The average molecular weight is 451 g/mol. The molecule has 0 fully saturated rings. The van der Waals surface area contributed by atoms with Gasteiger partial charge >= 0.3 is 17.9 Å². The summed E-state index contributed by atoms with van der Waals surface area (Å²) >= 11 is 0. The highest BCUT2D eigenvalue weighted by Gasteiger charge is 2.32. The molecule has 1 atom stereocenters. The van der Waals surface area contributed by atoms with Crippen molar-refractivity contribution in [2.24, 2.45) is 5.92 Å². The molecule has 0 aromatic heterocycles. The number of carbonyl (C=O) groups excluding carboxylic acids is 3. The predicted molar refractivity (Wildman–Crippen MR) is 123 cm³/mol. The van der Waals surface area contributed by atoms with Crippen molar-refractivity contribution in [2.75, 3.05) is 6.61 Å². The molecule has 0 aliphatic rings. The van der Waals surface area contributed by atoms with Crippen LogP contribution in [0.2, 0.25) is 25.7 Å². The van der Waals surface area contributed by atoms with Gasteiger partial charge < -0.3 is 14.2 Å². The van der Waals surface area contributed by atoms with Gasteiger partial charge in [-0.2, -0.15) is 0 Å². The van der Waals surface area contributed by atoms with Gasteiger partial charge in [-0.25, -0.2) is 0 Å². The van der Waals surface area contributed by atoms with Crippen LogP contribution in [0.3, 0.4) is 0 Å². The molecule has 1 rings (SSSR count). The molecular formula is C24H38O6Si. The zero-order valence-corrected chi connectivity index (χ0v) is 20.9. The lowest BCUT2D eigenvalue weighted by Gasteiger charge is -2.23. The van der Waals surface area contributed by atoms with Crippen LogP contribution in [0, 0.1) is 5.92 Å². The van der Waals surface area contributed by atoms with Crippen molar-refractivity contribution >= 4 is 26.0 Å². The minimum atomic E-state index is -1.35. The first-order valence-electron chi connectivity index (χ1n) is 11.0. The molecule has 0 aliphatic carbocycles. The number of hydrogen-bond acceptors (Lipinski definition) is 6. The molecule has 0 saturated heterocycles. The van der Waals surface area contributed by atoms with E-state index < -0.39 is 31.5 Å². The summed E-state index contributed by atoms with van der Waals surface area (Å²) in [6, 6.07) is 10.3. The van der Waals surface area contributed by atoms with Gasteiger partial charge in [0.25, 0.3) is 0 Å². The van der Waals surface area contributed by atoms with Crippen molar-refractivity contribution in [1.29, 1.82) is 0 Å². The number of rotatable bonds is 12. The van der Waals surface area contributed by atoms with E-state index in [1.807, 2.05) is 30.3 Å². The maximum absolute atomic E-state index is 12.5. The predicted octanol–water partition coefficient (Wildman–Crippen LogP) is 5.13. The Labute approximate surface area is 187 Å². The molecule has 174 valence electrons. The van der Waals surface area contributed by atoms with Gasteiger partial charge in [0.05, 0.1) is 6.61 Å². The number of benzene rings is 1. The van der Waals surface area contributed by atoms with Crippen LogP contribution in [0.1, 0.15) is 52.0 Å². The minimum Gasteiger partial charge on any atom is -0.465 e. The maximum Gasteiger partial charge on any atom is 0.320 e. The fourth-order valence-electron chi connectivity index (χ4n) is 2.69. The van der Waals surface area contributed by atoms with Crippen LogP contribution < -0.4 is 0 Å². The summed E-state index contributed by atoms with van der Waals surface area (Å²) in [5, 5.41) is 0. The first kappa shape index (κ1) is 26.9. The Morgan fingerprint density at radius 1 is 0.935 bits per heavy atom. The Hall–Kier alpha value is -2.15. The van der Waals surface area contributed by atoms with Gasteiger partial charge in [-0.1, -0.05) is 56.4 Å². The highest BCUT2D eigenvalue weighted by molar-refractivity contribution is 6.76. The second-order valence-corrected chi connectivity index (χ2v) is 15.6. The Kier molecular flexibility index (Phi) is 11.0. The van der Waals surface area contributed by atoms with Crippen LogP contribution in [-0.4, -0.2) is 38.2 Å². The van der Waals surface area contributed by atoms with Crippen molar-refractivity contribution in [2.45, 2.75) is 84.3 Å². The number of unbranched alkanes of at least 4 members (excludes halogenated alkanes) is 1. The SMILES string of the molecule is CC(C)(C)OC(=O)[C@@H](CCCCC(=O)OCc1ccccc1)C(=O)OCC[Si](C)(C)C. The first-order valence-corrected chi connectivity index (χ1v) is 14.7. The third kappa shape index (κ3) is 13.0. The molecule has 31 heavy (non-hydrogen) atoms. The second kappa shape index (κ2) is 12.6. The van der Waals surface area contributed by atoms with Crippen LogP contribution >= 0.6 is 0 Å². The highest BCUT2D eigenvalue weighted by Crippen LogP contribution is 2.19. The van der Waals surface area contributed by atoms with Gasteiger partial charge in [-0.15, -0.1) is 0 Å². The summed E-state index contributed by atoms with van der Waals surface area (Å²) in [5.74, 6) is -2.38. The lowest BCUT2D eigenvalue weighted by Crippen LogP contribution is -2.34. The monoisotopic (exact) mass is 450 g/mol. The summed E-state index contributed by atoms with van der Waals surface area (Å²) in [4.78, 5) is 37.0. The molecule has 0 spiro atoms. The summed E-state index contributed by atoms with van der Waals surface area (Å²) in [6.45, 7) is 12.4. The van der Waals surface area contributed by atoms with Crippen LogP contribution in [-0.2, 0) is 35.2 Å². The standard InChI is InChI=1S/C24H38O6Si/c1-24(2,3)30-23(27)20(22(26)28-16-17-31(4,5)6)14-10-11-15-21(25)29-18-19-12-8-7-9-13-19/h7-9,12-13,20H,10-11,14-18H2,1-6H3/t20-/m0/s1. The van der Waals surface area contributed by atoms with Gasteiger partial charge in [-0.3, -0.25) is 14.4 Å². The molecular weight excluding hydrogens is 412 g/mol. The van der Waals surface area contributed by atoms with Crippen LogP contribution in [0.15, 0.2) is 30.3 Å². The zero-order valence-electron chi connectivity index (χ0n) is 19.9. The first-order chi connectivity index (χ1) is 14.4. The maximum atomic E-state index is 12.5. The summed E-state index contributed by atoms with van der Waals surface area (Å²) < 4.78 is 16.1. The average Bonchev–Trinajstić information content (AvgIpc) is 2.64. The largest absolute Gasteiger partial charge is 0.465 e. The van der Waals surface area contributed by atoms with E-state index in [0.717, 1.165) is 11.6 Å². The molecule has 0 radical (unpaired) electrons. The smallest absolute Gasteiger partial charge is 0.320 e. The van der Waals surface area contributed by atoms with Crippen molar-refractivity contribution in [3.8, 4) is 0 Å². The molecule has 0 unspecified atom stereocenters. The molecule has 0 amide bonds. The van der Waals surface area contributed by atoms with Gasteiger partial charge in [0.2, 0.25) is 0 Å². The van der Waals surface area contributed by atoms with E-state index in [1.165, 1.54) is 0 Å². The Morgan fingerprint density at radius 2 is 1.58 bits per heavy atom. The minimum absolute atomic E-state index is 0.235. The summed E-state index contributed by atoms with van der Waals surface area (Å²) in [5.41, 5.74) is 0.247. The molecule has 1 aromatic rings. The Morgan fingerprint density at radius 3 is 2.16 bits per heavy atom. The molecule has 0 saturated carbocycles. The van der Waals surface area contributed by atoms with E-state index in [9.17, 15) is 14.4 Å². The van der Waals surface area contributed by atoms with Crippen LogP contribution in [0.5, 0.6) is 0 Å². The molecule has 0 bridgehead atoms. The van der Waals surface area contributed by atoms with Gasteiger partial charge in [0.15, 0.2) is 5.92 Å². The van der Waals surface area contributed by atoms with Gasteiger partial charge in [-0.05, 0) is 45.2 Å². The van der Waals surface area contributed by atoms with E-state index >= 15 is 0 Å². The second-order valence-electron chi connectivity index (χ2n) is 9.96. The number of esters is 3. The van der Waals surface area contributed by atoms with Gasteiger partial charge in [0, 0.05) is 14.5 Å². The van der Waals surface area contributed by atoms with Gasteiger partial charge in [0.1, 0.15) is 12.2 Å². The fraction of sp³-hybridized carbons (Fsp3) is 0.625. The van der Waals surface area contributed by atoms with Crippen LogP contribution in [0.25, 0.3) is 0 Å². The normalized spacial score (nSPS) is 12.7. The van der Waals surface area contributed by atoms with Crippen molar-refractivity contribution in [1.82, 2.24) is 0 Å². The van der Waals surface area contributed by atoms with Crippen LogP contribution in [0.4, 0.5) is 0 Å². The molecule has 0 aliphatic heterocycles. The number of ether oxygens (including phenoxy) is 3. The molecule has 0 heterocycles. The quantitative estimate of drug-likeness (QED) is 0.144. The summed E-state index contributed by atoms with van der Waals surface area (Å²) in [7, 11) is -1.35. The van der Waals surface area contributed by atoms with Crippen molar-refractivity contribution in [3.63, 3.8) is 0 Å². The van der Waals surface area contributed by atoms with E-state index in [2.05, 4.69) is 19.6 Å². The van der Waals surface area contributed by atoms with E-state index in [1.54, 1.807) is 20.8 Å². The molecule has 7 heteroatoms. The van der Waals surface area contributed by atoms with Crippen molar-refractivity contribution < 1.29 is 28.6 Å². The summed E-state index contributed by atoms with van der Waals surface area (Å²) in [6.07, 6.45) is 1.56. The van der Waals surface area contributed by atoms with E-state index in [4.69, 9.17) is 14.2 Å².